The summed E-state index contributed by atoms with van der Waals surface area (Å²) in [6.07, 6.45) is 3.24. The number of nitrogens with one attached hydrogen (secondary N) is 1. The predicted octanol–water partition coefficient (Wildman–Crippen LogP) is 3.17. The van der Waals surface area contributed by atoms with Gasteiger partial charge in [0.05, 0.1) is 0 Å². The van der Waals surface area contributed by atoms with E-state index in [4.69, 9.17) is 0 Å². The molecule has 1 saturated carbocycles. The molecule has 1 amide bonds. The van der Waals surface area contributed by atoms with Crippen LogP contribution in [0.15, 0.2) is 54.6 Å². The van der Waals surface area contributed by atoms with Crippen molar-refractivity contribution in [3.63, 3.8) is 0 Å². The van der Waals surface area contributed by atoms with Crippen LogP contribution in [0.25, 0.3) is 0 Å². The maximum absolute atomic E-state index is 12.0. The average Bonchev–Trinajstić information content (AvgIpc) is 3.34. The van der Waals surface area contributed by atoms with E-state index in [2.05, 4.69) is 29.6 Å². The Morgan fingerprint density at radius 1 is 1.05 bits per heavy atom. The zero-order valence-electron chi connectivity index (χ0n) is 12.6. The van der Waals surface area contributed by atoms with Crippen molar-refractivity contribution in [3.8, 4) is 5.75 Å². The number of aromatic hydroxyl groups is 1. The molecule has 0 aliphatic heterocycles. The SMILES string of the molecule is O=C(CCc1ccccc1O)NCC1(c2ccccc2)CC1. The lowest BCUT2D eigenvalue weighted by Crippen LogP contribution is -2.32. The molecule has 1 aliphatic carbocycles. The first-order chi connectivity index (χ1) is 10.7. The van der Waals surface area contributed by atoms with E-state index in [1.807, 2.05) is 18.2 Å². The molecule has 0 unspecified atom stereocenters. The van der Waals surface area contributed by atoms with Crippen molar-refractivity contribution in [1.82, 2.24) is 5.32 Å². The van der Waals surface area contributed by atoms with Crippen LogP contribution in [0.4, 0.5) is 0 Å². The Bertz CT molecular complexity index is 647. The highest BCUT2D eigenvalue weighted by Crippen LogP contribution is 2.47. The molecule has 1 aliphatic rings. The lowest BCUT2D eigenvalue weighted by molar-refractivity contribution is -0.121. The first-order valence-corrected chi connectivity index (χ1v) is 7.79. The van der Waals surface area contributed by atoms with E-state index in [0.717, 1.165) is 18.4 Å². The zero-order valence-corrected chi connectivity index (χ0v) is 12.6. The van der Waals surface area contributed by atoms with Crippen molar-refractivity contribution in [2.75, 3.05) is 6.54 Å². The number of phenols is 1. The Labute approximate surface area is 131 Å². The normalized spacial score (nSPS) is 15.3. The van der Waals surface area contributed by atoms with Gasteiger partial charge in [-0.2, -0.15) is 0 Å². The fraction of sp³-hybridized carbons (Fsp3) is 0.316. The molecule has 0 spiro atoms. The van der Waals surface area contributed by atoms with E-state index in [0.29, 0.717) is 19.4 Å². The number of hydrogen-bond donors (Lipinski definition) is 2. The Balaban J connectivity index is 1.50. The monoisotopic (exact) mass is 295 g/mol. The van der Waals surface area contributed by atoms with Crippen molar-refractivity contribution in [2.24, 2.45) is 0 Å². The van der Waals surface area contributed by atoms with Crippen LogP contribution in [0.3, 0.4) is 0 Å². The molecule has 0 saturated heterocycles. The van der Waals surface area contributed by atoms with Crippen molar-refractivity contribution >= 4 is 5.91 Å². The van der Waals surface area contributed by atoms with Crippen LogP contribution in [-0.4, -0.2) is 17.6 Å². The summed E-state index contributed by atoms with van der Waals surface area (Å²) in [7, 11) is 0. The third-order valence-corrected chi connectivity index (χ3v) is 4.48. The standard InChI is InChI=1S/C19H21NO2/c21-17-9-5-4-6-15(17)10-11-18(22)20-14-19(12-13-19)16-7-2-1-3-8-16/h1-9,21H,10-14H2,(H,20,22). The Kier molecular flexibility index (Phi) is 4.14. The van der Waals surface area contributed by atoms with Gasteiger partial charge >= 0.3 is 0 Å². The molecular weight excluding hydrogens is 274 g/mol. The third kappa shape index (κ3) is 3.30. The lowest BCUT2D eigenvalue weighted by Gasteiger charge is -2.16. The van der Waals surface area contributed by atoms with E-state index < -0.39 is 0 Å². The summed E-state index contributed by atoms with van der Waals surface area (Å²) in [6, 6.07) is 17.6. The maximum Gasteiger partial charge on any atom is 0.220 e. The van der Waals surface area contributed by atoms with Crippen LogP contribution >= 0.6 is 0 Å². The van der Waals surface area contributed by atoms with Gasteiger partial charge in [0.1, 0.15) is 5.75 Å². The molecule has 3 nitrogen and oxygen atoms in total. The molecular formula is C19H21NO2. The highest BCUT2D eigenvalue weighted by atomic mass is 16.3. The number of benzene rings is 2. The van der Waals surface area contributed by atoms with Crippen molar-refractivity contribution in [1.29, 1.82) is 0 Å². The minimum absolute atomic E-state index is 0.0467. The van der Waals surface area contributed by atoms with Crippen molar-refractivity contribution in [3.05, 3.63) is 65.7 Å². The third-order valence-electron chi connectivity index (χ3n) is 4.48. The fourth-order valence-corrected chi connectivity index (χ4v) is 2.84. The largest absolute Gasteiger partial charge is 0.508 e. The highest BCUT2D eigenvalue weighted by Gasteiger charge is 2.44. The second-order valence-electron chi connectivity index (χ2n) is 6.05. The summed E-state index contributed by atoms with van der Waals surface area (Å²) in [5, 5.41) is 12.8. The van der Waals surface area contributed by atoms with E-state index in [-0.39, 0.29) is 17.1 Å². The molecule has 3 heteroatoms. The van der Waals surface area contributed by atoms with Gasteiger partial charge in [0.2, 0.25) is 5.91 Å². The summed E-state index contributed by atoms with van der Waals surface area (Å²) < 4.78 is 0. The molecule has 2 aromatic rings. The summed E-state index contributed by atoms with van der Waals surface area (Å²) in [5.74, 6) is 0.309. The number of para-hydroxylation sites is 1. The highest BCUT2D eigenvalue weighted by molar-refractivity contribution is 5.76. The van der Waals surface area contributed by atoms with E-state index in [1.165, 1.54) is 5.56 Å². The van der Waals surface area contributed by atoms with Crippen LogP contribution < -0.4 is 5.32 Å². The molecule has 0 heterocycles. The minimum Gasteiger partial charge on any atom is -0.508 e. The van der Waals surface area contributed by atoms with Crippen LogP contribution in [-0.2, 0) is 16.6 Å². The van der Waals surface area contributed by atoms with E-state index in [9.17, 15) is 9.90 Å². The van der Waals surface area contributed by atoms with Crippen LogP contribution in [0.2, 0.25) is 0 Å². The number of carbonyl (C=O) groups excluding carboxylic acids is 1. The van der Waals surface area contributed by atoms with Gasteiger partial charge in [-0.1, -0.05) is 48.5 Å². The summed E-state index contributed by atoms with van der Waals surface area (Å²) in [4.78, 5) is 12.0. The minimum atomic E-state index is 0.0467. The van der Waals surface area contributed by atoms with Gasteiger partial charge in [-0.15, -0.1) is 0 Å². The van der Waals surface area contributed by atoms with Gasteiger partial charge in [0.15, 0.2) is 0 Å². The molecule has 0 bridgehead atoms. The van der Waals surface area contributed by atoms with Crippen LogP contribution in [0.1, 0.15) is 30.4 Å². The Morgan fingerprint density at radius 2 is 1.73 bits per heavy atom. The van der Waals surface area contributed by atoms with Crippen LogP contribution in [0.5, 0.6) is 5.75 Å². The summed E-state index contributed by atoms with van der Waals surface area (Å²) in [5.41, 5.74) is 2.28. The Morgan fingerprint density at radius 3 is 2.41 bits per heavy atom. The second kappa shape index (κ2) is 6.22. The topological polar surface area (TPSA) is 49.3 Å². The fourth-order valence-electron chi connectivity index (χ4n) is 2.84. The summed E-state index contributed by atoms with van der Waals surface area (Å²) >= 11 is 0. The molecule has 2 N–H and O–H groups in total. The molecule has 114 valence electrons. The number of carbonyl (C=O) groups is 1. The predicted molar refractivity (Wildman–Crippen MR) is 86.8 cm³/mol. The Hall–Kier alpha value is -2.29. The molecule has 0 aromatic heterocycles. The maximum atomic E-state index is 12.0. The zero-order chi connectivity index (χ0) is 15.4. The molecule has 0 radical (unpaired) electrons. The first-order valence-electron chi connectivity index (χ1n) is 7.79. The van der Waals surface area contributed by atoms with Gasteiger partial charge in [0.25, 0.3) is 0 Å². The number of phenolic OH excluding ortho intramolecular Hbond substituents is 1. The molecule has 22 heavy (non-hydrogen) atoms. The number of hydrogen-bond acceptors (Lipinski definition) is 2. The average molecular weight is 295 g/mol. The van der Waals surface area contributed by atoms with E-state index in [1.54, 1.807) is 12.1 Å². The molecule has 1 fully saturated rings. The molecule has 3 rings (SSSR count). The number of amides is 1. The van der Waals surface area contributed by atoms with E-state index >= 15 is 0 Å². The smallest absolute Gasteiger partial charge is 0.220 e. The van der Waals surface area contributed by atoms with Gasteiger partial charge in [-0.3, -0.25) is 4.79 Å². The summed E-state index contributed by atoms with van der Waals surface area (Å²) in [6.45, 7) is 0.705. The molecule has 0 atom stereocenters. The van der Waals surface area contributed by atoms with Crippen molar-refractivity contribution in [2.45, 2.75) is 31.1 Å². The van der Waals surface area contributed by atoms with Gasteiger partial charge in [0, 0.05) is 18.4 Å². The second-order valence-corrected chi connectivity index (χ2v) is 6.05. The van der Waals surface area contributed by atoms with Crippen LogP contribution in [0, 0.1) is 0 Å². The van der Waals surface area contributed by atoms with Gasteiger partial charge in [-0.05, 0) is 36.5 Å². The number of aryl methyl sites for hydroxylation is 1. The first kappa shape index (κ1) is 14.6. The molecule has 2 aromatic carbocycles. The number of rotatable bonds is 6. The van der Waals surface area contributed by atoms with Gasteiger partial charge < -0.3 is 10.4 Å². The quantitative estimate of drug-likeness (QED) is 0.860. The van der Waals surface area contributed by atoms with Crippen molar-refractivity contribution < 1.29 is 9.90 Å². The lowest BCUT2D eigenvalue weighted by atomic mass is 9.96. The van der Waals surface area contributed by atoms with Gasteiger partial charge in [-0.25, -0.2) is 0 Å².